The number of aryl methyl sites for hydroxylation is 1. The smallest absolute Gasteiger partial charge is 0.248 e. The van der Waals surface area contributed by atoms with Crippen LogP contribution in [-0.4, -0.2) is 59.8 Å². The van der Waals surface area contributed by atoms with E-state index in [2.05, 4.69) is 30.1 Å². The minimum absolute atomic E-state index is 0.0877. The lowest BCUT2D eigenvalue weighted by Crippen LogP contribution is -2.40. The highest BCUT2D eigenvalue weighted by atomic mass is 16.5. The molecule has 0 spiro atoms. The Labute approximate surface area is 160 Å². The summed E-state index contributed by atoms with van der Waals surface area (Å²) in [6.45, 7) is 5.13. The van der Waals surface area contributed by atoms with Crippen molar-refractivity contribution in [2.24, 2.45) is 0 Å². The van der Waals surface area contributed by atoms with Crippen molar-refractivity contribution >= 4 is 16.9 Å². The van der Waals surface area contributed by atoms with Crippen molar-refractivity contribution in [2.45, 2.75) is 51.0 Å². The number of hydrogen-bond acceptors (Lipinski definition) is 4. The Hall–Kier alpha value is -1.92. The Balaban J connectivity index is 1.25. The molecule has 2 saturated heterocycles. The molecule has 2 fully saturated rings. The van der Waals surface area contributed by atoms with Crippen LogP contribution in [0.3, 0.4) is 0 Å². The van der Waals surface area contributed by atoms with Gasteiger partial charge in [0.2, 0.25) is 5.91 Å². The molecule has 1 aromatic heterocycles. The van der Waals surface area contributed by atoms with Crippen LogP contribution in [0.5, 0.6) is 0 Å². The van der Waals surface area contributed by atoms with Crippen LogP contribution in [0.2, 0.25) is 0 Å². The van der Waals surface area contributed by atoms with Crippen LogP contribution in [0.15, 0.2) is 18.2 Å². The van der Waals surface area contributed by atoms with Crippen LogP contribution in [0.25, 0.3) is 11.0 Å². The van der Waals surface area contributed by atoms with E-state index in [1.54, 1.807) is 0 Å². The maximum Gasteiger partial charge on any atom is 0.248 e. The Morgan fingerprint density at radius 1 is 1.30 bits per heavy atom. The molecule has 1 aromatic carbocycles. The predicted octanol–water partition coefficient (Wildman–Crippen LogP) is 3.16. The van der Waals surface area contributed by atoms with E-state index in [1.165, 1.54) is 12.0 Å². The molecule has 27 heavy (non-hydrogen) atoms. The number of aromatic amines is 1. The first kappa shape index (κ1) is 18.4. The number of benzene rings is 1. The summed E-state index contributed by atoms with van der Waals surface area (Å²) in [5.74, 6) is 1.53. The average molecular weight is 371 g/mol. The molecule has 3 heterocycles. The lowest BCUT2D eigenvalue weighted by atomic mass is 9.96. The zero-order chi connectivity index (χ0) is 18.6. The van der Waals surface area contributed by atoms with Gasteiger partial charge in [0, 0.05) is 25.6 Å². The molecule has 2 aliphatic heterocycles. The summed E-state index contributed by atoms with van der Waals surface area (Å²) < 4.78 is 11.3. The number of amides is 1. The molecule has 2 aromatic rings. The molecule has 0 radical (unpaired) electrons. The molecule has 1 atom stereocenters. The topological polar surface area (TPSA) is 67.5 Å². The Bertz CT molecular complexity index is 774. The highest BCUT2D eigenvalue weighted by Crippen LogP contribution is 2.28. The molecule has 4 rings (SSSR count). The monoisotopic (exact) mass is 371 g/mol. The normalized spacial score (nSPS) is 21.7. The van der Waals surface area contributed by atoms with Gasteiger partial charge in [0.25, 0.3) is 0 Å². The molecule has 146 valence electrons. The van der Waals surface area contributed by atoms with Crippen LogP contribution in [-0.2, 0) is 14.3 Å². The summed E-state index contributed by atoms with van der Waals surface area (Å²) >= 11 is 0. The molecule has 2 aliphatic rings. The molecule has 6 heteroatoms. The number of H-pyrrole nitrogens is 1. The molecule has 1 amide bonds. The fraction of sp³-hybridized carbons (Fsp3) is 0.619. The van der Waals surface area contributed by atoms with Crippen LogP contribution < -0.4 is 0 Å². The van der Waals surface area contributed by atoms with E-state index >= 15 is 0 Å². The van der Waals surface area contributed by atoms with E-state index in [-0.39, 0.29) is 18.6 Å². The summed E-state index contributed by atoms with van der Waals surface area (Å²) in [4.78, 5) is 22.6. The Kier molecular flexibility index (Phi) is 5.74. The van der Waals surface area contributed by atoms with Gasteiger partial charge < -0.3 is 19.4 Å². The molecule has 0 saturated carbocycles. The molecular formula is C21H29N3O3. The van der Waals surface area contributed by atoms with Crippen molar-refractivity contribution in [1.29, 1.82) is 0 Å². The molecule has 0 aliphatic carbocycles. The number of carbonyl (C=O) groups is 1. The fourth-order valence-corrected chi connectivity index (χ4v) is 4.10. The summed E-state index contributed by atoms with van der Waals surface area (Å²) in [7, 11) is 0. The van der Waals surface area contributed by atoms with Gasteiger partial charge >= 0.3 is 0 Å². The van der Waals surface area contributed by atoms with Gasteiger partial charge in [0.05, 0.1) is 23.7 Å². The van der Waals surface area contributed by atoms with Crippen molar-refractivity contribution in [3.8, 4) is 0 Å². The van der Waals surface area contributed by atoms with Gasteiger partial charge in [-0.05, 0) is 50.7 Å². The number of ether oxygens (including phenoxy) is 2. The van der Waals surface area contributed by atoms with Gasteiger partial charge in [-0.25, -0.2) is 4.98 Å². The standard InChI is InChI=1S/C21H29N3O3/c1-15-5-4-7-18-20(15)23-21(22-18)16-8-10-24(11-9-16)19(25)14-26-13-17-6-2-3-12-27-17/h4-5,7,16-17H,2-3,6,8-14H2,1H3,(H,22,23)/t17-/m1/s1. The van der Waals surface area contributed by atoms with Gasteiger partial charge in [0.1, 0.15) is 12.4 Å². The molecular weight excluding hydrogens is 342 g/mol. The van der Waals surface area contributed by atoms with E-state index in [9.17, 15) is 4.79 Å². The second-order valence-electron chi connectivity index (χ2n) is 7.75. The van der Waals surface area contributed by atoms with Crippen LogP contribution in [0.1, 0.15) is 49.4 Å². The number of nitrogens with one attached hydrogen (secondary N) is 1. The third-order valence-corrected chi connectivity index (χ3v) is 5.77. The van der Waals surface area contributed by atoms with Crippen molar-refractivity contribution in [2.75, 3.05) is 32.9 Å². The summed E-state index contributed by atoms with van der Waals surface area (Å²) in [5, 5.41) is 0. The lowest BCUT2D eigenvalue weighted by Gasteiger charge is -2.31. The summed E-state index contributed by atoms with van der Waals surface area (Å²) in [5.41, 5.74) is 3.35. The number of nitrogens with zero attached hydrogens (tertiary/aromatic N) is 2. The largest absolute Gasteiger partial charge is 0.376 e. The van der Waals surface area contributed by atoms with Gasteiger partial charge in [-0.1, -0.05) is 12.1 Å². The van der Waals surface area contributed by atoms with Gasteiger partial charge in [-0.3, -0.25) is 4.79 Å². The number of piperidine rings is 1. The molecule has 1 N–H and O–H groups in total. The van der Waals surface area contributed by atoms with E-state index in [4.69, 9.17) is 14.5 Å². The van der Waals surface area contributed by atoms with E-state index in [1.807, 2.05) is 4.90 Å². The van der Waals surface area contributed by atoms with Gasteiger partial charge in [0.15, 0.2) is 0 Å². The summed E-state index contributed by atoms with van der Waals surface area (Å²) in [6, 6.07) is 6.22. The van der Waals surface area contributed by atoms with Crippen molar-refractivity contribution in [3.63, 3.8) is 0 Å². The fourth-order valence-electron chi connectivity index (χ4n) is 4.10. The number of hydrogen-bond donors (Lipinski definition) is 1. The van der Waals surface area contributed by atoms with Gasteiger partial charge in [-0.2, -0.15) is 0 Å². The lowest BCUT2D eigenvalue weighted by molar-refractivity contribution is -0.139. The number of carbonyl (C=O) groups excluding carboxylic acids is 1. The van der Waals surface area contributed by atoms with E-state index in [0.717, 1.165) is 62.2 Å². The number of fused-ring (bicyclic) bond motifs is 1. The van der Waals surface area contributed by atoms with Crippen LogP contribution in [0, 0.1) is 6.92 Å². The predicted molar refractivity (Wildman–Crippen MR) is 104 cm³/mol. The maximum absolute atomic E-state index is 12.4. The zero-order valence-electron chi connectivity index (χ0n) is 16.1. The minimum atomic E-state index is 0.0877. The van der Waals surface area contributed by atoms with Crippen LogP contribution >= 0.6 is 0 Å². The third-order valence-electron chi connectivity index (χ3n) is 5.77. The molecule has 6 nitrogen and oxygen atoms in total. The number of rotatable bonds is 5. The third kappa shape index (κ3) is 4.33. The number of para-hydroxylation sites is 1. The van der Waals surface area contributed by atoms with Crippen molar-refractivity contribution in [1.82, 2.24) is 14.9 Å². The number of aromatic nitrogens is 2. The van der Waals surface area contributed by atoms with Crippen molar-refractivity contribution in [3.05, 3.63) is 29.6 Å². The second-order valence-corrected chi connectivity index (χ2v) is 7.75. The maximum atomic E-state index is 12.4. The Morgan fingerprint density at radius 3 is 2.89 bits per heavy atom. The highest BCUT2D eigenvalue weighted by Gasteiger charge is 2.26. The number of likely N-dealkylation sites (tertiary alicyclic amines) is 1. The van der Waals surface area contributed by atoms with Gasteiger partial charge in [-0.15, -0.1) is 0 Å². The van der Waals surface area contributed by atoms with E-state index < -0.39 is 0 Å². The SMILES string of the molecule is Cc1cccc2[nH]c(C3CCN(C(=O)COC[C@H]4CCCCO4)CC3)nc12. The molecule has 0 unspecified atom stereocenters. The minimum Gasteiger partial charge on any atom is -0.376 e. The molecule has 0 bridgehead atoms. The quantitative estimate of drug-likeness (QED) is 0.877. The van der Waals surface area contributed by atoms with E-state index in [0.29, 0.717) is 12.5 Å². The first-order valence-electron chi connectivity index (χ1n) is 10.1. The second kappa shape index (κ2) is 8.40. The zero-order valence-corrected chi connectivity index (χ0v) is 16.1. The van der Waals surface area contributed by atoms with Crippen molar-refractivity contribution < 1.29 is 14.3 Å². The number of imidazole rings is 1. The Morgan fingerprint density at radius 2 is 2.15 bits per heavy atom. The summed E-state index contributed by atoms with van der Waals surface area (Å²) in [6.07, 6.45) is 5.41. The average Bonchev–Trinajstić information content (AvgIpc) is 3.15. The first-order chi connectivity index (χ1) is 13.2. The first-order valence-corrected chi connectivity index (χ1v) is 10.1. The highest BCUT2D eigenvalue weighted by molar-refractivity contribution is 5.79. The van der Waals surface area contributed by atoms with Crippen LogP contribution in [0.4, 0.5) is 0 Å².